The van der Waals surface area contributed by atoms with E-state index in [4.69, 9.17) is 33.2 Å². The van der Waals surface area contributed by atoms with Gasteiger partial charge in [-0.2, -0.15) is 5.26 Å². The van der Waals surface area contributed by atoms with E-state index >= 15 is 0 Å². The number of carbonyl (C=O) groups is 1. The summed E-state index contributed by atoms with van der Waals surface area (Å²) in [5.41, 5.74) is 0.350. The molecule has 0 saturated heterocycles. The van der Waals surface area contributed by atoms with Crippen molar-refractivity contribution in [3.05, 3.63) is 63.1 Å². The molecule has 2 atom stereocenters. The van der Waals surface area contributed by atoms with Crippen molar-refractivity contribution in [3.63, 3.8) is 0 Å². The topological polar surface area (TPSA) is 82.3 Å². The van der Waals surface area contributed by atoms with Gasteiger partial charge in [0.15, 0.2) is 0 Å². The number of ether oxygens (including phenoxy) is 1. The number of hydrogen-bond acceptors (Lipinski definition) is 4. The lowest BCUT2D eigenvalue weighted by Gasteiger charge is -2.42. The van der Waals surface area contributed by atoms with Gasteiger partial charge in [0.25, 0.3) is 5.91 Å². The van der Waals surface area contributed by atoms with Crippen LogP contribution in [0.2, 0.25) is 10.0 Å². The molecule has 7 heteroatoms. The molecule has 5 nitrogen and oxygen atoms in total. The molecule has 0 bridgehead atoms. The van der Waals surface area contributed by atoms with Crippen LogP contribution in [0.5, 0.6) is 5.75 Å². The van der Waals surface area contributed by atoms with Gasteiger partial charge in [0, 0.05) is 11.1 Å². The smallest absolute Gasteiger partial charge is 0.251 e. The van der Waals surface area contributed by atoms with Crippen LogP contribution >= 0.6 is 23.2 Å². The number of hydrogen-bond donors (Lipinski definition) is 2. The fourth-order valence-electron chi connectivity index (χ4n) is 2.89. The molecule has 1 amide bonds. The summed E-state index contributed by atoms with van der Waals surface area (Å²) >= 11 is 11.9. The Kier molecular flexibility index (Phi) is 4.85. The lowest BCUT2D eigenvalue weighted by Crippen LogP contribution is -2.53. The summed E-state index contributed by atoms with van der Waals surface area (Å²) < 4.78 is 5.83. The number of carbonyl (C=O) groups excluding carboxylic acids is 1. The van der Waals surface area contributed by atoms with Crippen LogP contribution in [0.3, 0.4) is 0 Å². The lowest BCUT2D eigenvalue weighted by atomic mass is 9.85. The van der Waals surface area contributed by atoms with E-state index in [1.807, 2.05) is 6.07 Å². The van der Waals surface area contributed by atoms with Crippen molar-refractivity contribution in [2.45, 2.75) is 31.6 Å². The third kappa shape index (κ3) is 3.36. The van der Waals surface area contributed by atoms with Gasteiger partial charge < -0.3 is 15.2 Å². The van der Waals surface area contributed by atoms with E-state index in [9.17, 15) is 9.90 Å². The fourth-order valence-corrected chi connectivity index (χ4v) is 3.19. The van der Waals surface area contributed by atoms with E-state index < -0.39 is 23.7 Å². The minimum atomic E-state index is -1.02. The number of nitrogens with one attached hydrogen (secondary N) is 1. The van der Waals surface area contributed by atoms with Crippen molar-refractivity contribution in [3.8, 4) is 11.8 Å². The van der Waals surface area contributed by atoms with Gasteiger partial charge in [0.1, 0.15) is 17.5 Å². The van der Waals surface area contributed by atoms with Crippen LogP contribution in [0.25, 0.3) is 0 Å². The third-order valence-corrected chi connectivity index (χ3v) is 5.08. The van der Waals surface area contributed by atoms with Crippen LogP contribution in [0.4, 0.5) is 0 Å². The summed E-state index contributed by atoms with van der Waals surface area (Å²) in [4.78, 5) is 12.7. The number of halogens is 2. The van der Waals surface area contributed by atoms with Gasteiger partial charge in [-0.1, -0.05) is 23.2 Å². The molecule has 0 fully saturated rings. The molecule has 2 aromatic carbocycles. The summed E-state index contributed by atoms with van der Waals surface area (Å²) in [7, 11) is 0. The molecule has 1 heterocycles. The number of benzene rings is 2. The maximum atomic E-state index is 12.7. The minimum Gasteiger partial charge on any atom is -0.485 e. The highest BCUT2D eigenvalue weighted by atomic mass is 35.5. The normalized spacial score (nSPS) is 20.5. The summed E-state index contributed by atoms with van der Waals surface area (Å²) in [6.07, 6.45) is -1.02. The molecule has 1 aliphatic heterocycles. The molecular weight excluding hydrogens is 375 g/mol. The number of nitrogens with zero attached hydrogens (tertiary/aromatic N) is 1. The number of fused-ring (bicyclic) bond motifs is 1. The maximum Gasteiger partial charge on any atom is 0.251 e. The zero-order valence-corrected chi connectivity index (χ0v) is 15.6. The predicted octanol–water partition coefficient (Wildman–Crippen LogP) is 3.87. The third-order valence-electron chi connectivity index (χ3n) is 4.34. The summed E-state index contributed by atoms with van der Waals surface area (Å²) in [5, 5.41) is 23.3. The molecule has 0 radical (unpaired) electrons. The first kappa shape index (κ1) is 18.5. The number of aliphatic hydroxyl groups excluding tert-OH is 1. The van der Waals surface area contributed by atoms with Gasteiger partial charge in [-0.15, -0.1) is 0 Å². The molecule has 3 rings (SSSR count). The molecule has 2 N–H and O–H groups in total. The quantitative estimate of drug-likeness (QED) is 0.814. The van der Waals surface area contributed by atoms with Crippen LogP contribution in [0.15, 0.2) is 36.4 Å². The van der Waals surface area contributed by atoms with Crippen molar-refractivity contribution >= 4 is 29.1 Å². The number of amides is 1. The van der Waals surface area contributed by atoms with Crippen LogP contribution in [-0.4, -0.2) is 22.7 Å². The van der Waals surface area contributed by atoms with Crippen molar-refractivity contribution in [2.24, 2.45) is 0 Å². The van der Waals surface area contributed by atoms with Gasteiger partial charge in [0.05, 0.1) is 27.7 Å². The highest BCUT2D eigenvalue weighted by molar-refractivity contribution is 6.42. The van der Waals surface area contributed by atoms with E-state index in [2.05, 4.69) is 5.32 Å². The van der Waals surface area contributed by atoms with Crippen molar-refractivity contribution in [1.82, 2.24) is 5.32 Å². The Balaban J connectivity index is 1.98. The highest BCUT2D eigenvalue weighted by Crippen LogP contribution is 2.40. The van der Waals surface area contributed by atoms with Crippen molar-refractivity contribution in [2.75, 3.05) is 0 Å². The van der Waals surface area contributed by atoms with Gasteiger partial charge in [0.2, 0.25) is 0 Å². The molecule has 0 spiro atoms. The average molecular weight is 391 g/mol. The second-order valence-corrected chi connectivity index (χ2v) is 7.41. The Morgan fingerprint density at radius 2 is 1.96 bits per heavy atom. The molecule has 0 aromatic heterocycles. The molecular formula is C19H16Cl2N2O3. The number of aliphatic hydroxyl groups is 1. The van der Waals surface area contributed by atoms with E-state index in [-0.39, 0.29) is 5.02 Å². The second kappa shape index (κ2) is 6.81. The van der Waals surface area contributed by atoms with Crippen LogP contribution < -0.4 is 10.1 Å². The van der Waals surface area contributed by atoms with Crippen LogP contribution in [-0.2, 0) is 0 Å². The number of rotatable bonds is 2. The van der Waals surface area contributed by atoms with Gasteiger partial charge in [-0.3, -0.25) is 4.79 Å². The lowest BCUT2D eigenvalue weighted by molar-refractivity contribution is -0.0627. The Morgan fingerprint density at radius 3 is 2.62 bits per heavy atom. The Morgan fingerprint density at radius 1 is 1.23 bits per heavy atom. The first-order chi connectivity index (χ1) is 12.2. The zero-order chi connectivity index (χ0) is 19.1. The average Bonchev–Trinajstić information content (AvgIpc) is 2.60. The van der Waals surface area contributed by atoms with Crippen LogP contribution in [0, 0.1) is 11.3 Å². The van der Waals surface area contributed by atoms with Crippen molar-refractivity contribution < 1.29 is 14.6 Å². The van der Waals surface area contributed by atoms with Crippen LogP contribution in [0.1, 0.15) is 41.4 Å². The van der Waals surface area contributed by atoms with Gasteiger partial charge in [-0.25, -0.2) is 0 Å². The molecule has 26 heavy (non-hydrogen) atoms. The molecule has 134 valence electrons. The summed E-state index contributed by atoms with van der Waals surface area (Å²) in [6, 6.07) is 10.7. The highest BCUT2D eigenvalue weighted by Gasteiger charge is 2.43. The fraction of sp³-hybridized carbons (Fsp3) is 0.263. The molecule has 0 unspecified atom stereocenters. The van der Waals surface area contributed by atoms with Gasteiger partial charge in [-0.05, 0) is 50.2 Å². The second-order valence-electron chi connectivity index (χ2n) is 6.59. The molecule has 0 saturated carbocycles. The predicted molar refractivity (Wildman–Crippen MR) is 98.5 cm³/mol. The van der Waals surface area contributed by atoms with Crippen molar-refractivity contribution in [1.29, 1.82) is 5.26 Å². The molecule has 0 aliphatic carbocycles. The standard InChI is InChI=1S/C19H16Cl2N2O3/c1-19(2)17(24)16(12-7-10(9-22)3-6-15(12)26-19)23-18(25)11-4-5-13(20)14(21)8-11/h3-8,16-17,24H,1-2H3,(H,23,25)/t16-,17+/m0/s1. The van der Waals surface area contributed by atoms with E-state index in [1.54, 1.807) is 38.1 Å². The minimum absolute atomic E-state index is 0.263. The van der Waals surface area contributed by atoms with E-state index in [1.165, 1.54) is 12.1 Å². The number of nitriles is 1. The largest absolute Gasteiger partial charge is 0.485 e. The Bertz CT molecular complexity index is 921. The summed E-state index contributed by atoms with van der Waals surface area (Å²) in [6.45, 7) is 3.47. The van der Waals surface area contributed by atoms with Gasteiger partial charge >= 0.3 is 0 Å². The molecule has 1 aliphatic rings. The Hall–Kier alpha value is -2.26. The Labute approximate surface area is 161 Å². The maximum absolute atomic E-state index is 12.7. The van der Waals surface area contributed by atoms with E-state index in [0.29, 0.717) is 27.5 Å². The molecule has 2 aromatic rings. The summed E-state index contributed by atoms with van der Waals surface area (Å²) in [5.74, 6) is 0.0948. The first-order valence-corrected chi connectivity index (χ1v) is 8.65. The SMILES string of the molecule is CC1(C)Oc2ccc(C#N)cc2[C@H](NC(=O)c2ccc(Cl)c(Cl)c2)[C@H]1O. The monoisotopic (exact) mass is 390 g/mol. The van der Waals surface area contributed by atoms with E-state index in [0.717, 1.165) is 0 Å². The zero-order valence-electron chi connectivity index (χ0n) is 14.1. The first-order valence-electron chi connectivity index (χ1n) is 7.90.